The monoisotopic (exact) mass is 214 g/mol. The van der Waals surface area contributed by atoms with Crippen molar-refractivity contribution in [2.75, 3.05) is 26.2 Å². The average Bonchev–Trinajstić information content (AvgIpc) is 2.11. The lowest BCUT2D eigenvalue weighted by atomic mass is 9.83. The summed E-state index contributed by atoms with van der Waals surface area (Å²) in [7, 11) is 0. The van der Waals surface area contributed by atoms with Gasteiger partial charge in [-0.2, -0.15) is 0 Å². The smallest absolute Gasteiger partial charge is 0.234 e. The third-order valence-corrected chi connectivity index (χ3v) is 3.01. The second-order valence-corrected chi connectivity index (χ2v) is 4.75. The minimum absolute atomic E-state index is 0.0580. The van der Waals surface area contributed by atoms with Gasteiger partial charge in [0.05, 0.1) is 12.1 Å². The zero-order valence-corrected chi connectivity index (χ0v) is 9.92. The van der Waals surface area contributed by atoms with Gasteiger partial charge in [0.2, 0.25) is 5.91 Å². The number of rotatable bonds is 5. The van der Waals surface area contributed by atoms with Crippen LogP contribution < -0.4 is 5.32 Å². The summed E-state index contributed by atoms with van der Waals surface area (Å²) in [6, 6.07) is 0. The van der Waals surface area contributed by atoms with Crippen LogP contribution in [0.2, 0.25) is 0 Å². The van der Waals surface area contributed by atoms with Crippen molar-refractivity contribution < 1.29 is 9.90 Å². The first kappa shape index (κ1) is 12.5. The summed E-state index contributed by atoms with van der Waals surface area (Å²) in [5, 5.41) is 12.8. The van der Waals surface area contributed by atoms with Gasteiger partial charge in [0, 0.05) is 19.6 Å². The molecule has 0 aromatic heterocycles. The Morgan fingerprint density at radius 1 is 1.53 bits per heavy atom. The number of nitrogens with zero attached hydrogens (tertiary/aromatic N) is 1. The van der Waals surface area contributed by atoms with Crippen molar-refractivity contribution in [1.29, 1.82) is 0 Å². The molecule has 88 valence electrons. The van der Waals surface area contributed by atoms with Gasteiger partial charge in [0.1, 0.15) is 0 Å². The number of hydrogen-bond donors (Lipinski definition) is 2. The summed E-state index contributed by atoms with van der Waals surface area (Å²) in [5.41, 5.74) is -0.578. The van der Waals surface area contributed by atoms with Gasteiger partial charge in [-0.05, 0) is 12.3 Å². The third kappa shape index (κ3) is 3.18. The van der Waals surface area contributed by atoms with Gasteiger partial charge in [0.15, 0.2) is 0 Å². The summed E-state index contributed by atoms with van der Waals surface area (Å²) >= 11 is 0. The molecule has 4 nitrogen and oxygen atoms in total. The van der Waals surface area contributed by atoms with Crippen LogP contribution in [0.25, 0.3) is 0 Å². The van der Waals surface area contributed by atoms with E-state index in [2.05, 4.69) is 5.32 Å². The van der Waals surface area contributed by atoms with Crippen LogP contribution in [0.15, 0.2) is 0 Å². The van der Waals surface area contributed by atoms with Crippen LogP contribution in [0.3, 0.4) is 0 Å². The quantitative estimate of drug-likeness (QED) is 0.688. The number of nitrogens with one attached hydrogen (secondary N) is 1. The minimum atomic E-state index is -0.578. The van der Waals surface area contributed by atoms with Crippen LogP contribution in [-0.4, -0.2) is 47.7 Å². The number of aliphatic hydroxyl groups is 1. The summed E-state index contributed by atoms with van der Waals surface area (Å²) in [6.45, 7) is 8.43. The largest absolute Gasteiger partial charge is 0.387 e. The molecule has 1 saturated heterocycles. The number of β-amino-alcohol motifs (C(OH)–C–C–N with tert-alkyl or cyclic N) is 1. The maximum Gasteiger partial charge on any atom is 0.234 e. The summed E-state index contributed by atoms with van der Waals surface area (Å²) in [4.78, 5) is 13.3. The normalized spacial score (nSPS) is 20.1. The standard InChI is InChI=1S/C11H22N2O2/c1-4-5-12-10(14)6-13-7-11(15,8-13)9(2)3/h9,15H,4-8H2,1-3H3,(H,12,14). The molecule has 0 unspecified atom stereocenters. The lowest BCUT2D eigenvalue weighted by Gasteiger charge is -2.48. The number of carbonyl (C=O) groups excluding carboxylic acids is 1. The first-order valence-corrected chi connectivity index (χ1v) is 5.69. The summed E-state index contributed by atoms with van der Waals surface area (Å²) in [6.07, 6.45) is 0.960. The van der Waals surface area contributed by atoms with E-state index in [0.29, 0.717) is 19.6 Å². The highest BCUT2D eigenvalue weighted by atomic mass is 16.3. The van der Waals surface area contributed by atoms with E-state index in [9.17, 15) is 9.90 Å². The van der Waals surface area contributed by atoms with Crippen LogP contribution in [0.5, 0.6) is 0 Å². The molecular formula is C11H22N2O2. The first-order chi connectivity index (χ1) is 6.98. The van der Waals surface area contributed by atoms with Crippen molar-refractivity contribution in [2.24, 2.45) is 5.92 Å². The third-order valence-electron chi connectivity index (χ3n) is 3.01. The van der Waals surface area contributed by atoms with Gasteiger partial charge < -0.3 is 10.4 Å². The number of hydrogen-bond acceptors (Lipinski definition) is 3. The fraction of sp³-hybridized carbons (Fsp3) is 0.909. The molecule has 0 bridgehead atoms. The van der Waals surface area contributed by atoms with E-state index in [1.54, 1.807) is 0 Å². The molecule has 1 rings (SSSR count). The predicted octanol–water partition coefficient (Wildman–Crippen LogP) is 0.215. The molecule has 1 fully saturated rings. The maximum absolute atomic E-state index is 11.4. The minimum Gasteiger partial charge on any atom is -0.387 e. The van der Waals surface area contributed by atoms with Crippen LogP contribution in [0, 0.1) is 5.92 Å². The van der Waals surface area contributed by atoms with Crippen LogP contribution in [-0.2, 0) is 4.79 Å². The van der Waals surface area contributed by atoms with Gasteiger partial charge in [0.25, 0.3) is 0 Å². The molecule has 0 radical (unpaired) electrons. The molecule has 0 aromatic rings. The fourth-order valence-electron chi connectivity index (χ4n) is 1.73. The fourth-order valence-corrected chi connectivity index (χ4v) is 1.73. The Kier molecular flexibility index (Phi) is 4.11. The molecule has 1 aliphatic rings. The Morgan fingerprint density at radius 3 is 2.60 bits per heavy atom. The highest BCUT2D eigenvalue weighted by Gasteiger charge is 2.43. The predicted molar refractivity (Wildman–Crippen MR) is 59.5 cm³/mol. The van der Waals surface area contributed by atoms with Crippen molar-refractivity contribution in [3.63, 3.8) is 0 Å². The van der Waals surface area contributed by atoms with Gasteiger partial charge >= 0.3 is 0 Å². The zero-order chi connectivity index (χ0) is 11.5. The Balaban J connectivity index is 2.20. The molecule has 0 aromatic carbocycles. The van der Waals surface area contributed by atoms with E-state index in [4.69, 9.17) is 0 Å². The molecule has 2 N–H and O–H groups in total. The Labute approximate surface area is 91.6 Å². The van der Waals surface area contributed by atoms with E-state index in [1.807, 2.05) is 25.7 Å². The van der Waals surface area contributed by atoms with Crippen molar-refractivity contribution in [3.05, 3.63) is 0 Å². The molecule has 0 saturated carbocycles. The van der Waals surface area contributed by atoms with Gasteiger partial charge in [-0.3, -0.25) is 9.69 Å². The van der Waals surface area contributed by atoms with Gasteiger partial charge in [-0.15, -0.1) is 0 Å². The van der Waals surface area contributed by atoms with Crippen molar-refractivity contribution in [2.45, 2.75) is 32.8 Å². The molecule has 15 heavy (non-hydrogen) atoms. The van der Waals surface area contributed by atoms with Crippen LogP contribution >= 0.6 is 0 Å². The lowest BCUT2D eigenvalue weighted by Crippen LogP contribution is -2.65. The average molecular weight is 214 g/mol. The highest BCUT2D eigenvalue weighted by molar-refractivity contribution is 5.78. The molecule has 1 aliphatic heterocycles. The van der Waals surface area contributed by atoms with Gasteiger partial charge in [-0.25, -0.2) is 0 Å². The van der Waals surface area contributed by atoms with Crippen molar-refractivity contribution >= 4 is 5.91 Å². The number of amides is 1. The summed E-state index contributed by atoms with van der Waals surface area (Å²) < 4.78 is 0. The van der Waals surface area contributed by atoms with Crippen molar-refractivity contribution in [1.82, 2.24) is 10.2 Å². The Bertz CT molecular complexity index is 223. The SMILES string of the molecule is CCCNC(=O)CN1CC(O)(C(C)C)C1. The van der Waals surface area contributed by atoms with Crippen LogP contribution in [0.1, 0.15) is 27.2 Å². The van der Waals surface area contributed by atoms with E-state index >= 15 is 0 Å². The second kappa shape index (κ2) is 4.94. The summed E-state index contributed by atoms with van der Waals surface area (Å²) in [5.74, 6) is 0.315. The van der Waals surface area contributed by atoms with Crippen molar-refractivity contribution in [3.8, 4) is 0 Å². The zero-order valence-electron chi connectivity index (χ0n) is 9.92. The molecule has 0 aliphatic carbocycles. The topological polar surface area (TPSA) is 52.6 Å². The molecule has 1 amide bonds. The molecule has 4 heteroatoms. The number of carbonyl (C=O) groups is 1. The molecule has 0 atom stereocenters. The van der Waals surface area contributed by atoms with Gasteiger partial charge in [-0.1, -0.05) is 20.8 Å². The molecule has 1 heterocycles. The second-order valence-electron chi connectivity index (χ2n) is 4.75. The Hall–Kier alpha value is -0.610. The van der Waals surface area contributed by atoms with Crippen LogP contribution in [0.4, 0.5) is 0 Å². The van der Waals surface area contributed by atoms with E-state index in [0.717, 1.165) is 13.0 Å². The van der Waals surface area contributed by atoms with E-state index in [1.165, 1.54) is 0 Å². The first-order valence-electron chi connectivity index (χ1n) is 5.69. The molecular weight excluding hydrogens is 192 g/mol. The maximum atomic E-state index is 11.4. The molecule has 0 spiro atoms. The lowest BCUT2D eigenvalue weighted by molar-refractivity contribution is -0.142. The number of likely N-dealkylation sites (tertiary alicyclic amines) is 1. The Morgan fingerprint density at radius 2 is 2.13 bits per heavy atom. The van der Waals surface area contributed by atoms with E-state index < -0.39 is 5.60 Å². The van der Waals surface area contributed by atoms with E-state index in [-0.39, 0.29) is 11.8 Å². The highest BCUT2D eigenvalue weighted by Crippen LogP contribution is 2.27.